The molecule has 0 aromatic carbocycles. The van der Waals surface area contributed by atoms with E-state index in [9.17, 15) is 34.1 Å². The van der Waals surface area contributed by atoms with Gasteiger partial charge in [0.25, 0.3) is 5.96 Å². The van der Waals surface area contributed by atoms with Gasteiger partial charge in [0.1, 0.15) is 17.2 Å². The molecule has 0 spiro atoms. The number of nitrogens with one attached hydrogen (secondary N) is 3. The number of likely N-dealkylation sites (tertiary alicyclic amines) is 2. The fourth-order valence-electron chi connectivity index (χ4n) is 6.35. The van der Waals surface area contributed by atoms with E-state index < -0.39 is 35.0 Å². The predicted molar refractivity (Wildman–Crippen MR) is 176 cm³/mol. The summed E-state index contributed by atoms with van der Waals surface area (Å²) < 4.78 is 0. The topological polar surface area (TPSA) is 235 Å². The van der Waals surface area contributed by atoms with Crippen molar-refractivity contribution in [3.63, 3.8) is 0 Å². The average molecular weight is 666 g/mol. The van der Waals surface area contributed by atoms with Crippen LogP contribution in [0.15, 0.2) is 5.10 Å². The molecule has 0 bridgehead atoms. The van der Waals surface area contributed by atoms with Gasteiger partial charge in [0.15, 0.2) is 10.8 Å². The number of rotatable bonds is 19. The lowest BCUT2D eigenvalue weighted by atomic mass is 9.88. The highest BCUT2D eigenvalue weighted by Gasteiger charge is 2.44. The number of nitro groups is 1. The molecule has 2 rings (SSSR count). The summed E-state index contributed by atoms with van der Waals surface area (Å²) in [6, 6.07) is -2.33. The van der Waals surface area contributed by atoms with Crippen molar-refractivity contribution in [1.82, 2.24) is 25.8 Å². The molecule has 266 valence electrons. The molecule has 0 aliphatic carbocycles. The number of hydrogen-bond donors (Lipinski definition) is 5. The molecule has 2 saturated heterocycles. The zero-order chi connectivity index (χ0) is 35.1. The molecule has 0 aromatic heterocycles. The first-order valence-corrected chi connectivity index (χ1v) is 17.0. The second-order valence-electron chi connectivity index (χ2n) is 12.9. The fourth-order valence-corrected chi connectivity index (χ4v) is 6.35. The molecule has 2 aliphatic heterocycles. The second-order valence-corrected chi connectivity index (χ2v) is 12.9. The highest BCUT2D eigenvalue weighted by Crippen LogP contribution is 2.29. The Hall–Kier alpha value is -3.82. The lowest BCUT2D eigenvalue weighted by Gasteiger charge is -2.33. The molecule has 2 aliphatic rings. The van der Waals surface area contributed by atoms with E-state index in [2.05, 4.69) is 28.0 Å². The zero-order valence-corrected chi connectivity index (χ0v) is 28.4. The summed E-state index contributed by atoms with van der Waals surface area (Å²) in [6.45, 7) is 8.48. The molecule has 7 N–H and O–H groups in total. The second kappa shape index (κ2) is 19.8. The van der Waals surface area contributed by atoms with E-state index in [4.69, 9.17) is 11.5 Å². The lowest BCUT2D eigenvalue weighted by molar-refractivity contribution is -0.485. The Kier molecular flexibility index (Phi) is 16.5. The van der Waals surface area contributed by atoms with Crippen LogP contribution in [0.2, 0.25) is 0 Å². The average Bonchev–Trinajstić information content (AvgIpc) is 3.71. The Morgan fingerprint density at radius 2 is 1.62 bits per heavy atom. The first-order valence-electron chi connectivity index (χ1n) is 17.0. The maximum absolute atomic E-state index is 14.0. The molecule has 16 nitrogen and oxygen atoms in total. The van der Waals surface area contributed by atoms with Crippen LogP contribution in [-0.2, 0) is 24.0 Å². The Labute approximate surface area is 277 Å². The van der Waals surface area contributed by atoms with Crippen LogP contribution in [-0.4, -0.2) is 101 Å². The first-order chi connectivity index (χ1) is 22.3. The minimum Gasteiger partial charge on any atom is -0.365 e. The normalized spacial score (nSPS) is 20.1. The number of Topliss-reactive ketones (excluding diaryl/α,β-unsaturated/α-hetero) is 1. The van der Waals surface area contributed by atoms with Gasteiger partial charge in [0, 0.05) is 38.0 Å². The Morgan fingerprint density at radius 1 is 0.957 bits per heavy atom. The molecule has 2 heterocycles. The maximum atomic E-state index is 14.0. The largest absolute Gasteiger partial charge is 0.365 e. The summed E-state index contributed by atoms with van der Waals surface area (Å²) in [4.78, 5) is 80.2. The third-order valence-electron chi connectivity index (χ3n) is 8.83. The molecule has 0 radical (unpaired) electrons. The van der Waals surface area contributed by atoms with Crippen molar-refractivity contribution >= 4 is 35.4 Å². The summed E-state index contributed by atoms with van der Waals surface area (Å²) in [7, 11) is 0. The third kappa shape index (κ3) is 12.4. The Morgan fingerprint density at radius 3 is 2.23 bits per heavy atom. The van der Waals surface area contributed by atoms with Crippen molar-refractivity contribution < 1.29 is 29.0 Å². The molecular weight excluding hydrogens is 610 g/mol. The first kappa shape index (κ1) is 39.4. The number of unbranched alkanes of at least 4 members (excludes halogenated alkanes) is 2. The highest BCUT2D eigenvalue weighted by atomic mass is 16.7. The van der Waals surface area contributed by atoms with Crippen LogP contribution in [0, 0.1) is 22.0 Å². The molecule has 4 amide bonds. The number of hydrogen-bond acceptors (Lipinski definition) is 8. The van der Waals surface area contributed by atoms with Crippen molar-refractivity contribution in [1.29, 1.82) is 0 Å². The van der Waals surface area contributed by atoms with Crippen LogP contribution in [0.5, 0.6) is 0 Å². The van der Waals surface area contributed by atoms with Gasteiger partial charge in [-0.3, -0.25) is 24.0 Å². The van der Waals surface area contributed by atoms with Crippen molar-refractivity contribution in [3.8, 4) is 0 Å². The van der Waals surface area contributed by atoms with Gasteiger partial charge in [-0.2, -0.15) is 0 Å². The van der Waals surface area contributed by atoms with Crippen LogP contribution in [0.3, 0.4) is 0 Å². The van der Waals surface area contributed by atoms with Gasteiger partial charge in [-0.1, -0.05) is 40.0 Å². The Balaban J connectivity index is 2.07. The number of nitrogens with two attached hydrogens (primary N) is 2. The van der Waals surface area contributed by atoms with E-state index >= 15 is 0 Å². The zero-order valence-electron chi connectivity index (χ0n) is 28.4. The quantitative estimate of drug-likeness (QED) is 0.0424. The summed E-state index contributed by atoms with van der Waals surface area (Å²) in [5, 5.41) is 20.8. The molecular formula is C31H55N9O7. The van der Waals surface area contributed by atoms with Crippen molar-refractivity contribution in [3.05, 3.63) is 10.1 Å². The summed E-state index contributed by atoms with van der Waals surface area (Å²) >= 11 is 0. The van der Waals surface area contributed by atoms with E-state index in [1.54, 1.807) is 9.80 Å². The molecule has 0 aromatic rings. The minimum absolute atomic E-state index is 0.0368. The standard InChI is InChI=1S/C31H55N9O7/c1-5-6-7-12-22(18-25(41)27(20(2)3)36-26(42)19-32)29(44)39-17-10-14-24(39)30(45)38-16-9-13-23(38)28(43)35-21(4)11-8-15-34-31(33)37-40(46)47/h20-24,27H,5-19,32H2,1-4H3,(H,35,43)(H,36,42)(H3,33,34,37). The number of carbonyl (C=O) groups excluding carboxylic acids is 5. The third-order valence-corrected chi connectivity index (χ3v) is 8.83. The molecule has 5 unspecified atom stereocenters. The fraction of sp³-hybridized carbons (Fsp3) is 0.806. The summed E-state index contributed by atoms with van der Waals surface area (Å²) in [5.74, 6) is -2.50. The molecule has 16 heteroatoms. The van der Waals surface area contributed by atoms with Gasteiger partial charge in [0.2, 0.25) is 23.6 Å². The van der Waals surface area contributed by atoms with Gasteiger partial charge in [0.05, 0.1) is 12.6 Å². The van der Waals surface area contributed by atoms with Gasteiger partial charge >= 0.3 is 0 Å². The Bertz CT molecular complexity index is 1130. The van der Waals surface area contributed by atoms with E-state index in [1.165, 1.54) is 0 Å². The number of ketones is 1. The van der Waals surface area contributed by atoms with Crippen LogP contribution in [0.4, 0.5) is 0 Å². The van der Waals surface area contributed by atoms with Crippen molar-refractivity contribution in [2.75, 3.05) is 26.2 Å². The van der Waals surface area contributed by atoms with Crippen LogP contribution in [0.1, 0.15) is 98.3 Å². The van der Waals surface area contributed by atoms with E-state index in [0.717, 1.165) is 19.3 Å². The van der Waals surface area contributed by atoms with Crippen molar-refractivity contribution in [2.24, 2.45) is 28.4 Å². The predicted octanol–water partition coefficient (Wildman–Crippen LogP) is 0.605. The van der Waals surface area contributed by atoms with E-state index in [-0.39, 0.29) is 54.4 Å². The van der Waals surface area contributed by atoms with Gasteiger partial charge in [-0.25, -0.2) is 10.1 Å². The number of hydrazone groups is 1. The van der Waals surface area contributed by atoms with E-state index in [1.807, 2.05) is 20.8 Å². The SMILES string of the molecule is CCCCCC(CC(=O)C(NC(=O)CN)C(C)C)C(=O)N1CCCC1C(=O)N1CCCC1C(=O)NC(C)CCCN/C(N)=N\[N+](=O)[O-]. The molecule has 47 heavy (non-hydrogen) atoms. The van der Waals surface area contributed by atoms with Gasteiger partial charge < -0.3 is 37.2 Å². The molecule has 5 atom stereocenters. The van der Waals surface area contributed by atoms with Crippen LogP contribution in [0.25, 0.3) is 0 Å². The van der Waals surface area contributed by atoms with Gasteiger partial charge in [-0.15, -0.1) is 0 Å². The number of amides is 4. The van der Waals surface area contributed by atoms with Crippen LogP contribution >= 0.6 is 0 Å². The minimum atomic E-state index is -0.886. The summed E-state index contributed by atoms with van der Waals surface area (Å²) in [5.41, 5.74) is 10.9. The maximum Gasteiger partial charge on any atom is 0.266 e. The smallest absolute Gasteiger partial charge is 0.266 e. The highest BCUT2D eigenvalue weighted by molar-refractivity contribution is 5.96. The summed E-state index contributed by atoms with van der Waals surface area (Å²) in [6.07, 6.45) is 6.53. The van der Waals surface area contributed by atoms with E-state index in [0.29, 0.717) is 64.6 Å². The lowest BCUT2D eigenvalue weighted by Crippen LogP contribution is -2.54. The van der Waals surface area contributed by atoms with Gasteiger partial charge in [-0.05, 0) is 57.8 Å². The molecule has 2 fully saturated rings. The number of guanidine groups is 1. The molecule has 0 saturated carbocycles. The van der Waals surface area contributed by atoms with Crippen molar-refractivity contribution in [2.45, 2.75) is 122 Å². The number of nitrogens with zero attached hydrogens (tertiary/aromatic N) is 4. The monoisotopic (exact) mass is 665 g/mol. The van der Waals surface area contributed by atoms with Crippen LogP contribution < -0.4 is 27.4 Å². The number of carbonyl (C=O) groups is 5.